The maximum absolute atomic E-state index is 6.39. The standard InChI is InChI=1S/C26H20Cl2N2O/c1-17-7-10-20(11-8-17)30-24(16-23(29-30)18-5-3-2-4-6-18)26-14-13-25(31-26)21-15-19(27)9-12-22(21)28/h2-15,24H,16H2,1H3/t24-/m0/s1. The van der Waals surface area contributed by atoms with E-state index >= 15 is 0 Å². The van der Waals surface area contributed by atoms with Gasteiger partial charge in [-0.3, -0.25) is 5.01 Å². The normalized spacial score (nSPS) is 15.9. The highest BCUT2D eigenvalue weighted by Gasteiger charge is 2.32. The third-order valence-corrected chi connectivity index (χ3v) is 6.03. The quantitative estimate of drug-likeness (QED) is 0.318. The van der Waals surface area contributed by atoms with E-state index in [4.69, 9.17) is 32.7 Å². The first-order valence-corrected chi connectivity index (χ1v) is 10.9. The van der Waals surface area contributed by atoms with Gasteiger partial charge >= 0.3 is 0 Å². The number of nitrogens with zero attached hydrogens (tertiary/aromatic N) is 2. The second kappa shape index (κ2) is 8.26. The molecule has 0 spiro atoms. The van der Waals surface area contributed by atoms with E-state index in [-0.39, 0.29) is 6.04 Å². The van der Waals surface area contributed by atoms with E-state index in [9.17, 15) is 0 Å². The Labute approximate surface area is 191 Å². The van der Waals surface area contributed by atoms with Crippen LogP contribution in [0.15, 0.2) is 94.4 Å². The number of hydrogen-bond donors (Lipinski definition) is 0. The molecule has 0 amide bonds. The summed E-state index contributed by atoms with van der Waals surface area (Å²) in [4.78, 5) is 0. The van der Waals surface area contributed by atoms with Gasteiger partial charge < -0.3 is 4.42 Å². The number of aryl methyl sites for hydroxylation is 1. The molecule has 0 aliphatic carbocycles. The molecule has 0 bridgehead atoms. The minimum Gasteiger partial charge on any atom is -0.459 e. The van der Waals surface area contributed by atoms with E-state index in [1.165, 1.54) is 5.56 Å². The van der Waals surface area contributed by atoms with Gasteiger partial charge in [0.2, 0.25) is 0 Å². The molecule has 1 aliphatic heterocycles. The van der Waals surface area contributed by atoms with E-state index in [1.54, 1.807) is 12.1 Å². The molecular formula is C26H20Cl2N2O. The second-order valence-electron chi connectivity index (χ2n) is 7.64. The van der Waals surface area contributed by atoms with Crippen LogP contribution in [0.1, 0.15) is 29.3 Å². The Morgan fingerprint density at radius 3 is 2.45 bits per heavy atom. The zero-order valence-corrected chi connectivity index (χ0v) is 18.4. The van der Waals surface area contributed by atoms with Crippen molar-refractivity contribution in [1.82, 2.24) is 0 Å². The maximum atomic E-state index is 6.39. The fourth-order valence-electron chi connectivity index (χ4n) is 3.84. The maximum Gasteiger partial charge on any atom is 0.135 e. The summed E-state index contributed by atoms with van der Waals surface area (Å²) in [6.45, 7) is 2.08. The molecule has 0 N–H and O–H groups in total. The zero-order chi connectivity index (χ0) is 21.4. The lowest BCUT2D eigenvalue weighted by Gasteiger charge is -2.22. The minimum absolute atomic E-state index is 0.0513. The van der Waals surface area contributed by atoms with E-state index < -0.39 is 0 Å². The number of hydrazone groups is 1. The SMILES string of the molecule is Cc1ccc(N2N=C(c3ccccc3)C[C@H]2c2ccc(-c3cc(Cl)ccc3Cl)o2)cc1. The number of rotatable bonds is 4. The molecule has 31 heavy (non-hydrogen) atoms. The molecule has 0 saturated heterocycles. The summed E-state index contributed by atoms with van der Waals surface area (Å²) >= 11 is 12.6. The Kier molecular flexibility index (Phi) is 5.31. The Morgan fingerprint density at radius 2 is 1.68 bits per heavy atom. The molecule has 4 aromatic rings. The van der Waals surface area contributed by atoms with Crippen LogP contribution < -0.4 is 5.01 Å². The third kappa shape index (κ3) is 3.99. The van der Waals surface area contributed by atoms with Crippen molar-refractivity contribution in [3.05, 3.63) is 112 Å². The van der Waals surface area contributed by atoms with Crippen molar-refractivity contribution in [1.29, 1.82) is 0 Å². The molecule has 3 nitrogen and oxygen atoms in total. The average Bonchev–Trinajstić information content (AvgIpc) is 3.44. The van der Waals surface area contributed by atoms with Crippen LogP contribution in [0.5, 0.6) is 0 Å². The Morgan fingerprint density at radius 1 is 0.903 bits per heavy atom. The van der Waals surface area contributed by atoms with Gasteiger partial charge in [-0.2, -0.15) is 5.10 Å². The van der Waals surface area contributed by atoms with Gasteiger partial charge in [-0.25, -0.2) is 0 Å². The van der Waals surface area contributed by atoms with Crippen LogP contribution in [-0.4, -0.2) is 5.71 Å². The molecule has 154 valence electrons. The number of furan rings is 1. The fourth-order valence-corrected chi connectivity index (χ4v) is 4.22. The van der Waals surface area contributed by atoms with Gasteiger partial charge in [-0.1, -0.05) is 71.2 Å². The second-order valence-corrected chi connectivity index (χ2v) is 8.48. The van der Waals surface area contributed by atoms with Crippen LogP contribution in [0.25, 0.3) is 11.3 Å². The first-order chi connectivity index (χ1) is 15.1. The Bertz CT molecular complexity index is 1250. The van der Waals surface area contributed by atoms with E-state index in [1.807, 2.05) is 41.4 Å². The van der Waals surface area contributed by atoms with Gasteiger partial charge in [0.25, 0.3) is 0 Å². The summed E-state index contributed by atoms with van der Waals surface area (Å²) in [5.41, 5.74) is 5.17. The number of anilines is 1. The molecule has 0 saturated carbocycles. The average molecular weight is 447 g/mol. The molecule has 0 unspecified atom stereocenters. The number of halogens is 2. The summed E-state index contributed by atoms with van der Waals surface area (Å²) in [6.07, 6.45) is 0.744. The monoisotopic (exact) mass is 446 g/mol. The molecule has 3 aromatic carbocycles. The molecule has 0 radical (unpaired) electrons. The summed E-state index contributed by atoms with van der Waals surface area (Å²) in [7, 11) is 0. The summed E-state index contributed by atoms with van der Waals surface area (Å²) in [5, 5.41) is 8.24. The van der Waals surface area contributed by atoms with Crippen molar-refractivity contribution < 1.29 is 4.42 Å². The van der Waals surface area contributed by atoms with Crippen molar-refractivity contribution in [3.63, 3.8) is 0 Å². The molecule has 5 heteroatoms. The van der Waals surface area contributed by atoms with Crippen molar-refractivity contribution in [2.75, 3.05) is 5.01 Å². The summed E-state index contributed by atoms with van der Waals surface area (Å²) in [6, 6.07) is 27.9. The Balaban J connectivity index is 1.53. The molecule has 1 aliphatic rings. The largest absolute Gasteiger partial charge is 0.459 e. The van der Waals surface area contributed by atoms with Crippen molar-refractivity contribution in [2.45, 2.75) is 19.4 Å². The van der Waals surface area contributed by atoms with Crippen LogP contribution in [0.2, 0.25) is 10.0 Å². The zero-order valence-electron chi connectivity index (χ0n) is 16.9. The lowest BCUT2D eigenvalue weighted by Crippen LogP contribution is -2.17. The van der Waals surface area contributed by atoms with Crippen molar-refractivity contribution in [2.24, 2.45) is 5.10 Å². The summed E-state index contributed by atoms with van der Waals surface area (Å²) in [5.74, 6) is 1.53. The number of benzene rings is 3. The fraction of sp³-hybridized carbons (Fsp3) is 0.115. The minimum atomic E-state index is -0.0513. The first kappa shape index (κ1) is 19.9. The Hall–Kier alpha value is -3.01. The van der Waals surface area contributed by atoms with Gasteiger partial charge in [-0.15, -0.1) is 0 Å². The van der Waals surface area contributed by atoms with Crippen molar-refractivity contribution >= 4 is 34.6 Å². The smallest absolute Gasteiger partial charge is 0.135 e. The van der Waals surface area contributed by atoms with Crippen LogP contribution in [0.3, 0.4) is 0 Å². The molecule has 0 fully saturated rings. The molecule has 1 atom stereocenters. The highest BCUT2D eigenvalue weighted by Crippen LogP contribution is 2.40. The summed E-state index contributed by atoms with van der Waals surface area (Å²) < 4.78 is 6.29. The third-order valence-electron chi connectivity index (χ3n) is 5.46. The van der Waals surface area contributed by atoms with Crippen LogP contribution in [0.4, 0.5) is 5.69 Å². The van der Waals surface area contributed by atoms with E-state index in [0.29, 0.717) is 15.8 Å². The van der Waals surface area contributed by atoms with Crippen LogP contribution in [0, 0.1) is 6.92 Å². The topological polar surface area (TPSA) is 28.7 Å². The van der Waals surface area contributed by atoms with Gasteiger partial charge in [-0.05, 0) is 55.0 Å². The predicted octanol–water partition coefficient (Wildman–Crippen LogP) is 7.92. The van der Waals surface area contributed by atoms with Crippen molar-refractivity contribution in [3.8, 4) is 11.3 Å². The van der Waals surface area contributed by atoms with E-state index in [0.717, 1.165) is 34.7 Å². The van der Waals surface area contributed by atoms with Gasteiger partial charge in [0.1, 0.15) is 17.6 Å². The van der Waals surface area contributed by atoms with Crippen LogP contribution in [-0.2, 0) is 0 Å². The van der Waals surface area contributed by atoms with Gasteiger partial charge in [0.15, 0.2) is 0 Å². The molecular weight excluding hydrogens is 427 g/mol. The molecule has 5 rings (SSSR count). The lowest BCUT2D eigenvalue weighted by atomic mass is 10.0. The molecule has 2 heterocycles. The van der Waals surface area contributed by atoms with Gasteiger partial charge in [0, 0.05) is 17.0 Å². The first-order valence-electron chi connectivity index (χ1n) is 10.1. The van der Waals surface area contributed by atoms with Gasteiger partial charge in [0.05, 0.1) is 16.4 Å². The van der Waals surface area contributed by atoms with E-state index in [2.05, 4.69) is 43.3 Å². The number of hydrogen-bond acceptors (Lipinski definition) is 3. The lowest BCUT2D eigenvalue weighted by molar-refractivity contribution is 0.475. The molecule has 1 aromatic heterocycles. The highest BCUT2D eigenvalue weighted by atomic mass is 35.5. The highest BCUT2D eigenvalue weighted by molar-refractivity contribution is 6.35. The van der Waals surface area contributed by atoms with Crippen LogP contribution >= 0.6 is 23.2 Å². The predicted molar refractivity (Wildman–Crippen MR) is 128 cm³/mol.